The molecule has 0 aromatic heterocycles. The molecule has 2 rings (SSSR count). The zero-order valence-electron chi connectivity index (χ0n) is 14.0. The lowest BCUT2D eigenvalue weighted by Crippen LogP contribution is -2.40. The van der Waals surface area contributed by atoms with Crippen molar-refractivity contribution in [3.05, 3.63) is 53.1 Å². The standard InChI is InChI=1S/C18H22ClN3O2/c1-12(22(2)13-7-5-4-6-8-13)11-21-18(23)14-9-15(19)16(20)10-17(14)24-3/h4-10,12H,11,20H2,1-3H3,(H,21,23). The summed E-state index contributed by atoms with van der Waals surface area (Å²) >= 11 is 6.01. The summed E-state index contributed by atoms with van der Waals surface area (Å²) in [6, 6.07) is 13.2. The Morgan fingerprint density at radius 1 is 1.33 bits per heavy atom. The second-order valence-corrected chi connectivity index (χ2v) is 5.99. The molecule has 0 saturated carbocycles. The predicted molar refractivity (Wildman–Crippen MR) is 99.1 cm³/mol. The van der Waals surface area contributed by atoms with Gasteiger partial charge in [0, 0.05) is 31.4 Å². The van der Waals surface area contributed by atoms with Gasteiger partial charge in [-0.25, -0.2) is 0 Å². The van der Waals surface area contributed by atoms with Crippen molar-refractivity contribution in [2.24, 2.45) is 0 Å². The van der Waals surface area contributed by atoms with Crippen LogP contribution in [0.15, 0.2) is 42.5 Å². The monoisotopic (exact) mass is 347 g/mol. The average molecular weight is 348 g/mol. The lowest BCUT2D eigenvalue weighted by atomic mass is 10.1. The van der Waals surface area contributed by atoms with Crippen molar-refractivity contribution in [3.8, 4) is 5.75 Å². The third-order valence-electron chi connectivity index (χ3n) is 3.95. The number of ether oxygens (including phenoxy) is 1. The van der Waals surface area contributed by atoms with Crippen molar-refractivity contribution in [1.82, 2.24) is 5.32 Å². The Balaban J connectivity index is 2.04. The van der Waals surface area contributed by atoms with Gasteiger partial charge in [-0.1, -0.05) is 29.8 Å². The van der Waals surface area contributed by atoms with Crippen LogP contribution >= 0.6 is 11.6 Å². The van der Waals surface area contributed by atoms with Gasteiger partial charge in [-0.2, -0.15) is 0 Å². The first-order valence-corrected chi connectivity index (χ1v) is 8.01. The molecule has 0 spiro atoms. The first-order chi connectivity index (χ1) is 11.4. The molecule has 0 saturated heterocycles. The number of methoxy groups -OCH3 is 1. The first-order valence-electron chi connectivity index (χ1n) is 7.63. The second kappa shape index (κ2) is 7.93. The molecule has 1 amide bonds. The minimum Gasteiger partial charge on any atom is -0.496 e. The van der Waals surface area contributed by atoms with Crippen LogP contribution in [0.5, 0.6) is 5.75 Å². The molecule has 0 aliphatic carbocycles. The Labute approximate surface area is 147 Å². The van der Waals surface area contributed by atoms with Gasteiger partial charge in [-0.15, -0.1) is 0 Å². The molecule has 3 N–H and O–H groups in total. The van der Waals surface area contributed by atoms with Crippen LogP contribution < -0.4 is 20.7 Å². The van der Waals surface area contributed by atoms with E-state index in [9.17, 15) is 4.79 Å². The molecule has 0 fully saturated rings. The van der Waals surface area contributed by atoms with Gasteiger partial charge in [0.25, 0.3) is 5.91 Å². The maximum atomic E-state index is 12.4. The van der Waals surface area contributed by atoms with Gasteiger partial charge >= 0.3 is 0 Å². The second-order valence-electron chi connectivity index (χ2n) is 5.58. The highest BCUT2D eigenvalue weighted by molar-refractivity contribution is 6.33. The first kappa shape index (κ1) is 17.9. The van der Waals surface area contributed by atoms with E-state index in [-0.39, 0.29) is 11.9 Å². The van der Waals surface area contributed by atoms with E-state index in [4.69, 9.17) is 22.1 Å². The van der Waals surface area contributed by atoms with Crippen molar-refractivity contribution in [3.63, 3.8) is 0 Å². The molecule has 1 unspecified atom stereocenters. The maximum absolute atomic E-state index is 12.4. The zero-order chi connectivity index (χ0) is 17.7. The number of para-hydroxylation sites is 1. The van der Waals surface area contributed by atoms with Crippen LogP contribution in [0.3, 0.4) is 0 Å². The minimum atomic E-state index is -0.248. The van der Waals surface area contributed by atoms with Crippen LogP contribution in [0, 0.1) is 0 Å². The van der Waals surface area contributed by atoms with Crippen LogP contribution in [0.4, 0.5) is 11.4 Å². The number of nitrogen functional groups attached to an aromatic ring is 1. The van der Waals surface area contributed by atoms with Crippen molar-refractivity contribution in [2.45, 2.75) is 13.0 Å². The number of carbonyl (C=O) groups is 1. The highest BCUT2D eigenvalue weighted by atomic mass is 35.5. The van der Waals surface area contributed by atoms with Crippen LogP contribution in [-0.4, -0.2) is 32.7 Å². The summed E-state index contributed by atoms with van der Waals surface area (Å²) < 4.78 is 5.22. The third-order valence-corrected chi connectivity index (χ3v) is 4.27. The number of benzene rings is 2. The molecule has 2 aromatic rings. The van der Waals surface area contributed by atoms with Gasteiger partial charge in [0.15, 0.2) is 0 Å². The fourth-order valence-electron chi connectivity index (χ4n) is 2.31. The highest BCUT2D eigenvalue weighted by Crippen LogP contribution is 2.28. The lowest BCUT2D eigenvalue weighted by molar-refractivity contribution is 0.0948. The summed E-state index contributed by atoms with van der Waals surface area (Å²) in [5.74, 6) is 0.153. The number of nitrogens with two attached hydrogens (primary N) is 1. The summed E-state index contributed by atoms with van der Waals surface area (Å²) in [5.41, 5.74) is 7.58. The molecule has 0 heterocycles. The molecular formula is C18H22ClN3O2. The Kier molecular flexibility index (Phi) is 5.93. The Morgan fingerprint density at radius 2 is 2.00 bits per heavy atom. The van der Waals surface area contributed by atoms with Crippen LogP contribution in [-0.2, 0) is 0 Å². The van der Waals surface area contributed by atoms with E-state index in [1.165, 1.54) is 13.2 Å². The van der Waals surface area contributed by atoms with E-state index in [1.807, 2.05) is 44.3 Å². The summed E-state index contributed by atoms with van der Waals surface area (Å²) in [6.07, 6.45) is 0. The number of hydrogen-bond donors (Lipinski definition) is 2. The lowest BCUT2D eigenvalue weighted by Gasteiger charge is -2.27. The van der Waals surface area contributed by atoms with Gasteiger partial charge in [0.1, 0.15) is 5.75 Å². The molecule has 128 valence electrons. The quantitative estimate of drug-likeness (QED) is 0.787. The number of halogens is 1. The summed E-state index contributed by atoms with van der Waals surface area (Å²) in [7, 11) is 3.48. The number of carbonyl (C=O) groups excluding carboxylic acids is 1. The van der Waals surface area contributed by atoms with Crippen molar-refractivity contribution in [2.75, 3.05) is 31.3 Å². The molecule has 0 radical (unpaired) electrons. The van der Waals surface area contributed by atoms with E-state index in [2.05, 4.69) is 10.2 Å². The maximum Gasteiger partial charge on any atom is 0.255 e. The molecule has 2 aromatic carbocycles. The number of nitrogens with zero attached hydrogens (tertiary/aromatic N) is 1. The Morgan fingerprint density at radius 3 is 2.62 bits per heavy atom. The largest absolute Gasteiger partial charge is 0.496 e. The molecular weight excluding hydrogens is 326 g/mol. The van der Waals surface area contributed by atoms with Gasteiger partial charge < -0.3 is 20.7 Å². The van der Waals surface area contributed by atoms with Crippen LogP contribution in [0.2, 0.25) is 5.02 Å². The van der Waals surface area contributed by atoms with E-state index >= 15 is 0 Å². The smallest absolute Gasteiger partial charge is 0.255 e. The zero-order valence-corrected chi connectivity index (χ0v) is 14.8. The highest BCUT2D eigenvalue weighted by Gasteiger charge is 2.17. The molecule has 5 nitrogen and oxygen atoms in total. The number of likely N-dealkylation sites (N-methyl/N-ethyl adjacent to an activating group) is 1. The summed E-state index contributed by atoms with van der Waals surface area (Å²) in [4.78, 5) is 14.5. The number of nitrogens with one attached hydrogen (secondary N) is 1. The van der Waals surface area contributed by atoms with E-state index < -0.39 is 0 Å². The Hall–Kier alpha value is -2.40. The van der Waals surface area contributed by atoms with E-state index in [0.29, 0.717) is 28.6 Å². The molecule has 0 bridgehead atoms. The van der Waals surface area contributed by atoms with Crippen LogP contribution in [0.1, 0.15) is 17.3 Å². The third kappa shape index (κ3) is 4.11. The molecule has 1 atom stereocenters. The summed E-state index contributed by atoms with van der Waals surface area (Å²) in [5, 5.41) is 3.24. The molecule has 24 heavy (non-hydrogen) atoms. The Bertz CT molecular complexity index is 707. The van der Waals surface area contributed by atoms with E-state index in [1.54, 1.807) is 6.07 Å². The van der Waals surface area contributed by atoms with Crippen molar-refractivity contribution >= 4 is 28.9 Å². The normalized spacial score (nSPS) is 11.7. The molecule has 6 heteroatoms. The number of amides is 1. The van der Waals surface area contributed by atoms with Gasteiger partial charge in [-0.3, -0.25) is 4.79 Å². The van der Waals surface area contributed by atoms with Gasteiger partial charge in [-0.05, 0) is 25.1 Å². The van der Waals surface area contributed by atoms with Crippen LogP contribution in [0.25, 0.3) is 0 Å². The minimum absolute atomic E-state index is 0.117. The van der Waals surface area contributed by atoms with Crippen molar-refractivity contribution < 1.29 is 9.53 Å². The average Bonchev–Trinajstić information content (AvgIpc) is 2.61. The fraction of sp³-hybridized carbons (Fsp3) is 0.278. The SMILES string of the molecule is COc1cc(N)c(Cl)cc1C(=O)NCC(C)N(C)c1ccccc1. The van der Waals surface area contributed by atoms with Crippen molar-refractivity contribution in [1.29, 1.82) is 0 Å². The summed E-state index contributed by atoms with van der Waals surface area (Å²) in [6.45, 7) is 2.52. The number of rotatable bonds is 6. The number of anilines is 2. The fourth-order valence-corrected chi connectivity index (χ4v) is 2.47. The number of hydrogen-bond acceptors (Lipinski definition) is 4. The van der Waals surface area contributed by atoms with E-state index in [0.717, 1.165) is 5.69 Å². The topological polar surface area (TPSA) is 67.6 Å². The van der Waals surface area contributed by atoms with Gasteiger partial charge in [0.05, 0.1) is 23.4 Å². The van der Waals surface area contributed by atoms with Gasteiger partial charge in [0.2, 0.25) is 0 Å². The molecule has 0 aliphatic rings. The predicted octanol–water partition coefficient (Wildman–Crippen LogP) is 3.19. The molecule has 0 aliphatic heterocycles.